The molecule has 0 aromatic heterocycles. The van der Waals surface area contributed by atoms with Gasteiger partial charge in [0.15, 0.2) is 0 Å². The van der Waals surface area contributed by atoms with E-state index in [0.717, 1.165) is 5.56 Å². The van der Waals surface area contributed by atoms with E-state index in [4.69, 9.17) is 28.9 Å². The largest absolute Gasteiger partial charge is 0.469 e. The van der Waals surface area contributed by atoms with Crippen LogP contribution in [0.3, 0.4) is 0 Å². The number of rotatable bonds is 4. The van der Waals surface area contributed by atoms with Crippen LogP contribution in [-0.2, 0) is 14.9 Å². The lowest BCUT2D eigenvalue weighted by Gasteiger charge is -2.28. The van der Waals surface area contributed by atoms with Crippen LogP contribution in [0.5, 0.6) is 0 Å². The van der Waals surface area contributed by atoms with E-state index in [1.165, 1.54) is 7.11 Å². The molecule has 0 aliphatic heterocycles. The van der Waals surface area contributed by atoms with Crippen LogP contribution in [0.2, 0.25) is 10.0 Å². The molecule has 94 valence electrons. The molecule has 0 bridgehead atoms. The SMILES string of the molecule is COC(=O)CC(C)(CN)c1cccc(Cl)c1Cl. The highest BCUT2D eigenvalue weighted by Gasteiger charge is 2.31. The summed E-state index contributed by atoms with van der Waals surface area (Å²) < 4.78 is 4.67. The number of benzene rings is 1. The van der Waals surface area contributed by atoms with Crippen molar-refractivity contribution >= 4 is 29.2 Å². The van der Waals surface area contributed by atoms with Gasteiger partial charge in [0.1, 0.15) is 0 Å². The van der Waals surface area contributed by atoms with Crippen LogP contribution < -0.4 is 5.73 Å². The molecular formula is C12H15Cl2NO2. The van der Waals surface area contributed by atoms with E-state index in [1.54, 1.807) is 12.1 Å². The predicted molar refractivity (Wildman–Crippen MR) is 69.5 cm³/mol. The molecule has 0 radical (unpaired) electrons. The summed E-state index contributed by atoms with van der Waals surface area (Å²) in [4.78, 5) is 11.4. The summed E-state index contributed by atoms with van der Waals surface area (Å²) in [5.74, 6) is -0.325. The van der Waals surface area contributed by atoms with Gasteiger partial charge in [-0.25, -0.2) is 0 Å². The quantitative estimate of drug-likeness (QED) is 0.860. The van der Waals surface area contributed by atoms with Gasteiger partial charge >= 0.3 is 5.97 Å². The number of esters is 1. The monoisotopic (exact) mass is 275 g/mol. The normalized spacial score (nSPS) is 14.2. The Labute approximate surface area is 111 Å². The molecule has 0 amide bonds. The average molecular weight is 276 g/mol. The van der Waals surface area contributed by atoms with Gasteiger partial charge in [0.2, 0.25) is 0 Å². The van der Waals surface area contributed by atoms with Crippen molar-refractivity contribution in [2.75, 3.05) is 13.7 Å². The lowest BCUT2D eigenvalue weighted by molar-refractivity contribution is -0.141. The van der Waals surface area contributed by atoms with Gasteiger partial charge < -0.3 is 10.5 Å². The third-order valence-electron chi connectivity index (χ3n) is 2.81. The number of carbonyl (C=O) groups is 1. The van der Waals surface area contributed by atoms with Crippen LogP contribution in [-0.4, -0.2) is 19.6 Å². The maximum Gasteiger partial charge on any atom is 0.306 e. The average Bonchev–Trinajstić information content (AvgIpc) is 2.32. The number of nitrogens with two attached hydrogens (primary N) is 1. The van der Waals surface area contributed by atoms with Gasteiger partial charge in [-0.1, -0.05) is 42.3 Å². The van der Waals surface area contributed by atoms with Crippen LogP contribution in [0.25, 0.3) is 0 Å². The molecule has 1 aromatic carbocycles. The maximum atomic E-state index is 11.4. The van der Waals surface area contributed by atoms with Crippen molar-refractivity contribution < 1.29 is 9.53 Å². The molecule has 1 atom stereocenters. The van der Waals surface area contributed by atoms with Crippen LogP contribution in [0.15, 0.2) is 18.2 Å². The second-order valence-electron chi connectivity index (χ2n) is 4.12. The Balaban J connectivity index is 3.16. The van der Waals surface area contributed by atoms with Crippen molar-refractivity contribution in [3.8, 4) is 0 Å². The van der Waals surface area contributed by atoms with Crippen LogP contribution >= 0.6 is 23.2 Å². The number of carbonyl (C=O) groups excluding carboxylic acids is 1. The van der Waals surface area contributed by atoms with E-state index in [-0.39, 0.29) is 18.9 Å². The van der Waals surface area contributed by atoms with Crippen LogP contribution in [0, 0.1) is 0 Å². The van der Waals surface area contributed by atoms with Crippen molar-refractivity contribution in [2.24, 2.45) is 5.73 Å². The lowest BCUT2D eigenvalue weighted by atomic mass is 9.79. The maximum absolute atomic E-state index is 11.4. The summed E-state index contributed by atoms with van der Waals surface area (Å²) in [7, 11) is 1.35. The third kappa shape index (κ3) is 3.12. The molecule has 2 N–H and O–H groups in total. The van der Waals surface area contributed by atoms with Gasteiger partial charge in [0.05, 0.1) is 23.6 Å². The van der Waals surface area contributed by atoms with E-state index in [0.29, 0.717) is 10.0 Å². The zero-order chi connectivity index (χ0) is 13.1. The fourth-order valence-corrected chi connectivity index (χ4v) is 2.17. The van der Waals surface area contributed by atoms with Crippen molar-refractivity contribution in [1.82, 2.24) is 0 Å². The summed E-state index contributed by atoms with van der Waals surface area (Å²) >= 11 is 12.1. The molecule has 0 fully saturated rings. The number of ether oxygens (including phenoxy) is 1. The van der Waals surface area contributed by atoms with Gasteiger partial charge in [-0.2, -0.15) is 0 Å². The minimum Gasteiger partial charge on any atom is -0.469 e. The molecule has 0 heterocycles. The zero-order valence-corrected chi connectivity index (χ0v) is 11.3. The van der Waals surface area contributed by atoms with Crippen LogP contribution in [0.1, 0.15) is 18.9 Å². The summed E-state index contributed by atoms with van der Waals surface area (Å²) in [5.41, 5.74) is 5.94. The van der Waals surface area contributed by atoms with Crippen molar-refractivity contribution in [3.63, 3.8) is 0 Å². The molecular weight excluding hydrogens is 261 g/mol. The Morgan fingerprint density at radius 3 is 2.65 bits per heavy atom. The fraction of sp³-hybridized carbons (Fsp3) is 0.417. The highest BCUT2D eigenvalue weighted by atomic mass is 35.5. The fourth-order valence-electron chi connectivity index (χ4n) is 1.64. The molecule has 0 aliphatic carbocycles. The first-order chi connectivity index (χ1) is 7.94. The Bertz CT molecular complexity index is 423. The lowest BCUT2D eigenvalue weighted by Crippen LogP contribution is -2.35. The zero-order valence-electron chi connectivity index (χ0n) is 9.80. The van der Waals surface area contributed by atoms with Gasteiger partial charge in [-0.3, -0.25) is 4.79 Å². The molecule has 1 rings (SSSR count). The van der Waals surface area contributed by atoms with Crippen molar-refractivity contribution in [1.29, 1.82) is 0 Å². The highest BCUT2D eigenvalue weighted by Crippen LogP contribution is 2.36. The Morgan fingerprint density at radius 1 is 1.47 bits per heavy atom. The van der Waals surface area contributed by atoms with E-state index in [9.17, 15) is 4.79 Å². The predicted octanol–water partition coefficient (Wildman–Crippen LogP) is 2.77. The first-order valence-corrected chi connectivity index (χ1v) is 5.91. The Hall–Kier alpha value is -0.770. The molecule has 5 heteroatoms. The Morgan fingerprint density at radius 2 is 2.12 bits per heavy atom. The number of methoxy groups -OCH3 is 1. The molecule has 3 nitrogen and oxygen atoms in total. The first kappa shape index (κ1) is 14.3. The van der Waals surface area contributed by atoms with E-state index < -0.39 is 5.41 Å². The van der Waals surface area contributed by atoms with Crippen LogP contribution in [0.4, 0.5) is 0 Å². The third-order valence-corrected chi connectivity index (χ3v) is 3.63. The number of halogens is 2. The molecule has 0 spiro atoms. The van der Waals surface area contributed by atoms with E-state index in [1.807, 2.05) is 13.0 Å². The van der Waals surface area contributed by atoms with Gasteiger partial charge in [0, 0.05) is 12.0 Å². The summed E-state index contributed by atoms with van der Waals surface area (Å²) in [6.07, 6.45) is 0.167. The summed E-state index contributed by atoms with van der Waals surface area (Å²) in [6.45, 7) is 2.14. The first-order valence-electron chi connectivity index (χ1n) is 5.16. The number of hydrogen-bond acceptors (Lipinski definition) is 3. The number of hydrogen-bond donors (Lipinski definition) is 1. The summed E-state index contributed by atoms with van der Waals surface area (Å²) in [6, 6.07) is 5.31. The van der Waals surface area contributed by atoms with Gasteiger partial charge in [0.25, 0.3) is 0 Å². The Kier molecular flexibility index (Phi) is 4.80. The molecule has 1 aromatic rings. The second-order valence-corrected chi connectivity index (χ2v) is 4.90. The summed E-state index contributed by atoms with van der Waals surface area (Å²) in [5, 5.41) is 0.889. The molecule has 0 aliphatic rings. The van der Waals surface area contributed by atoms with Gasteiger partial charge in [-0.05, 0) is 11.6 Å². The minimum atomic E-state index is -0.574. The second kappa shape index (κ2) is 5.71. The van der Waals surface area contributed by atoms with Crippen molar-refractivity contribution in [2.45, 2.75) is 18.8 Å². The topological polar surface area (TPSA) is 52.3 Å². The van der Waals surface area contributed by atoms with Gasteiger partial charge in [-0.15, -0.1) is 0 Å². The van der Waals surface area contributed by atoms with E-state index >= 15 is 0 Å². The highest BCUT2D eigenvalue weighted by molar-refractivity contribution is 6.42. The van der Waals surface area contributed by atoms with Crippen molar-refractivity contribution in [3.05, 3.63) is 33.8 Å². The molecule has 17 heavy (non-hydrogen) atoms. The standard InChI is InChI=1S/C12H15Cl2NO2/c1-12(7-15,6-10(16)17-2)8-4-3-5-9(13)11(8)14/h3-5H,6-7,15H2,1-2H3. The molecule has 1 unspecified atom stereocenters. The smallest absolute Gasteiger partial charge is 0.306 e. The minimum absolute atomic E-state index is 0.167. The molecule has 0 saturated heterocycles. The molecule has 0 saturated carbocycles. The van der Waals surface area contributed by atoms with E-state index in [2.05, 4.69) is 4.74 Å².